The molecule has 0 aliphatic rings. The molecule has 1 aromatic carbocycles. The molecule has 0 radical (unpaired) electrons. The van der Waals surface area contributed by atoms with Crippen LogP contribution in [-0.2, 0) is 5.41 Å². The molecule has 0 aromatic heterocycles. The van der Waals surface area contributed by atoms with Gasteiger partial charge in [0.25, 0.3) is 0 Å². The minimum atomic E-state index is -0.194. The Kier molecular flexibility index (Phi) is 4.30. The molecule has 0 fully saturated rings. The fourth-order valence-electron chi connectivity index (χ4n) is 1.74. The number of rotatable bonds is 5. The van der Waals surface area contributed by atoms with Gasteiger partial charge in [0.1, 0.15) is 11.6 Å². The molecule has 0 saturated carbocycles. The van der Waals surface area contributed by atoms with Gasteiger partial charge in [-0.3, -0.25) is 0 Å². The van der Waals surface area contributed by atoms with Crippen molar-refractivity contribution in [2.75, 3.05) is 20.7 Å². The van der Waals surface area contributed by atoms with Crippen molar-refractivity contribution in [1.82, 2.24) is 5.32 Å². The molecule has 0 saturated heterocycles. The van der Waals surface area contributed by atoms with Gasteiger partial charge >= 0.3 is 0 Å². The van der Waals surface area contributed by atoms with Gasteiger partial charge in [-0.1, -0.05) is 19.9 Å². The van der Waals surface area contributed by atoms with Crippen LogP contribution in [0.3, 0.4) is 0 Å². The summed E-state index contributed by atoms with van der Waals surface area (Å²) in [6.45, 7) is 4.98. The van der Waals surface area contributed by atoms with Crippen molar-refractivity contribution in [3.05, 3.63) is 29.6 Å². The Bertz CT molecular complexity index is 350. The van der Waals surface area contributed by atoms with Gasteiger partial charge < -0.3 is 10.1 Å². The predicted molar refractivity (Wildman–Crippen MR) is 64.5 cm³/mol. The van der Waals surface area contributed by atoms with Crippen LogP contribution in [0.15, 0.2) is 18.2 Å². The molecular formula is C13H20FNO. The van der Waals surface area contributed by atoms with E-state index in [1.807, 2.05) is 13.1 Å². The molecule has 1 aromatic rings. The van der Waals surface area contributed by atoms with Gasteiger partial charge in [-0.2, -0.15) is 0 Å². The summed E-state index contributed by atoms with van der Waals surface area (Å²) in [4.78, 5) is 0. The third-order valence-corrected chi connectivity index (χ3v) is 2.91. The lowest BCUT2D eigenvalue weighted by Gasteiger charge is -2.25. The number of hydrogen-bond donors (Lipinski definition) is 1. The van der Waals surface area contributed by atoms with E-state index < -0.39 is 0 Å². The van der Waals surface area contributed by atoms with Gasteiger partial charge in [-0.25, -0.2) is 4.39 Å². The molecule has 0 aliphatic heterocycles. The highest BCUT2D eigenvalue weighted by Crippen LogP contribution is 2.30. The molecule has 3 heteroatoms. The van der Waals surface area contributed by atoms with Crippen LogP contribution in [0.1, 0.15) is 25.8 Å². The van der Waals surface area contributed by atoms with Gasteiger partial charge in [0.05, 0.1) is 7.11 Å². The van der Waals surface area contributed by atoms with E-state index in [2.05, 4.69) is 19.2 Å². The molecular weight excluding hydrogens is 205 g/mol. The zero-order chi connectivity index (χ0) is 12.2. The van der Waals surface area contributed by atoms with E-state index in [1.54, 1.807) is 13.2 Å². The van der Waals surface area contributed by atoms with Crippen molar-refractivity contribution < 1.29 is 9.13 Å². The summed E-state index contributed by atoms with van der Waals surface area (Å²) in [7, 11) is 3.45. The van der Waals surface area contributed by atoms with Gasteiger partial charge in [-0.15, -0.1) is 0 Å². The molecule has 0 bridgehead atoms. The third kappa shape index (κ3) is 2.95. The molecule has 0 heterocycles. The van der Waals surface area contributed by atoms with Crippen molar-refractivity contribution in [3.8, 4) is 5.75 Å². The molecule has 90 valence electrons. The first-order valence-electron chi connectivity index (χ1n) is 5.50. The van der Waals surface area contributed by atoms with Gasteiger partial charge in [-0.05, 0) is 37.1 Å². The predicted octanol–water partition coefficient (Wildman–Crippen LogP) is 2.72. The van der Waals surface area contributed by atoms with Crippen LogP contribution in [0.4, 0.5) is 4.39 Å². The Morgan fingerprint density at radius 1 is 1.38 bits per heavy atom. The highest BCUT2D eigenvalue weighted by atomic mass is 19.1. The summed E-state index contributed by atoms with van der Waals surface area (Å²) in [6.07, 6.45) is 0.896. The summed E-state index contributed by atoms with van der Waals surface area (Å²) in [5.41, 5.74) is 0.572. The Balaban J connectivity index is 2.94. The maximum atomic E-state index is 13.9. The van der Waals surface area contributed by atoms with Crippen molar-refractivity contribution in [2.24, 2.45) is 0 Å². The number of nitrogens with one attached hydrogen (secondary N) is 1. The normalized spacial score (nSPS) is 11.6. The summed E-state index contributed by atoms with van der Waals surface area (Å²) in [5, 5.41) is 3.09. The fraction of sp³-hybridized carbons (Fsp3) is 0.538. The maximum absolute atomic E-state index is 13.9. The lowest BCUT2D eigenvalue weighted by molar-refractivity contribution is 0.404. The van der Waals surface area contributed by atoms with Crippen molar-refractivity contribution in [1.29, 1.82) is 0 Å². The first-order valence-corrected chi connectivity index (χ1v) is 5.50. The van der Waals surface area contributed by atoms with Gasteiger partial charge in [0.2, 0.25) is 0 Å². The van der Waals surface area contributed by atoms with Crippen molar-refractivity contribution in [3.63, 3.8) is 0 Å². The second-order valence-corrected chi connectivity index (χ2v) is 4.58. The second kappa shape index (κ2) is 5.30. The fourth-order valence-corrected chi connectivity index (χ4v) is 1.74. The molecule has 0 unspecified atom stereocenters. The Labute approximate surface area is 96.8 Å². The van der Waals surface area contributed by atoms with Crippen LogP contribution in [0, 0.1) is 5.82 Å². The second-order valence-electron chi connectivity index (χ2n) is 4.58. The summed E-state index contributed by atoms with van der Waals surface area (Å²) in [6, 6.07) is 5.06. The molecule has 0 spiro atoms. The summed E-state index contributed by atoms with van der Waals surface area (Å²) >= 11 is 0. The molecule has 0 aliphatic carbocycles. The van der Waals surface area contributed by atoms with Crippen LogP contribution < -0.4 is 10.1 Å². The molecule has 1 N–H and O–H groups in total. The molecule has 1 rings (SSSR count). The van der Waals surface area contributed by atoms with Crippen LogP contribution in [-0.4, -0.2) is 20.7 Å². The quantitative estimate of drug-likeness (QED) is 0.832. The molecule has 0 atom stereocenters. The van der Waals surface area contributed by atoms with E-state index in [1.165, 1.54) is 6.07 Å². The van der Waals surface area contributed by atoms with Crippen LogP contribution in [0.2, 0.25) is 0 Å². The van der Waals surface area contributed by atoms with Crippen LogP contribution in [0.5, 0.6) is 5.75 Å². The lowest BCUT2D eigenvalue weighted by Crippen LogP contribution is -2.24. The topological polar surface area (TPSA) is 21.3 Å². The highest BCUT2D eigenvalue weighted by molar-refractivity contribution is 5.33. The Hall–Kier alpha value is -1.09. The zero-order valence-electron chi connectivity index (χ0n) is 10.4. The SMILES string of the molecule is CNCCC(C)(C)c1ccc(OC)cc1F. The monoisotopic (exact) mass is 225 g/mol. The van der Waals surface area contributed by atoms with E-state index in [9.17, 15) is 4.39 Å². The largest absolute Gasteiger partial charge is 0.497 e. The zero-order valence-corrected chi connectivity index (χ0v) is 10.4. The minimum Gasteiger partial charge on any atom is -0.497 e. The first kappa shape index (κ1) is 13.0. The number of hydrogen-bond acceptors (Lipinski definition) is 2. The highest BCUT2D eigenvalue weighted by Gasteiger charge is 2.23. The van der Waals surface area contributed by atoms with Crippen molar-refractivity contribution >= 4 is 0 Å². The van der Waals surface area contributed by atoms with Gasteiger partial charge in [0, 0.05) is 6.07 Å². The number of ether oxygens (including phenoxy) is 1. The Morgan fingerprint density at radius 2 is 2.06 bits per heavy atom. The van der Waals surface area contributed by atoms with Crippen LogP contribution >= 0.6 is 0 Å². The third-order valence-electron chi connectivity index (χ3n) is 2.91. The maximum Gasteiger partial charge on any atom is 0.130 e. The first-order chi connectivity index (χ1) is 7.51. The summed E-state index contributed by atoms with van der Waals surface area (Å²) < 4.78 is 18.9. The van der Waals surface area contributed by atoms with Crippen molar-refractivity contribution in [2.45, 2.75) is 25.7 Å². The van der Waals surface area contributed by atoms with E-state index in [0.717, 1.165) is 18.5 Å². The average Bonchev–Trinajstić information content (AvgIpc) is 2.25. The summed E-state index contributed by atoms with van der Waals surface area (Å²) in [5.74, 6) is 0.367. The molecule has 16 heavy (non-hydrogen) atoms. The van der Waals surface area contributed by atoms with E-state index >= 15 is 0 Å². The van der Waals surface area contributed by atoms with Crippen LogP contribution in [0.25, 0.3) is 0 Å². The minimum absolute atomic E-state index is 0.167. The Morgan fingerprint density at radius 3 is 2.56 bits per heavy atom. The van der Waals surface area contributed by atoms with E-state index in [4.69, 9.17) is 4.74 Å². The number of halogens is 1. The lowest BCUT2D eigenvalue weighted by atomic mass is 9.81. The smallest absolute Gasteiger partial charge is 0.130 e. The van der Waals surface area contributed by atoms with E-state index in [-0.39, 0.29) is 11.2 Å². The van der Waals surface area contributed by atoms with Gasteiger partial charge in [0.15, 0.2) is 0 Å². The molecule has 0 amide bonds. The number of methoxy groups -OCH3 is 1. The number of benzene rings is 1. The van der Waals surface area contributed by atoms with E-state index in [0.29, 0.717) is 5.75 Å². The average molecular weight is 225 g/mol. The molecule has 2 nitrogen and oxygen atoms in total. The standard InChI is InChI=1S/C13H20FNO/c1-13(2,7-8-15-3)11-6-5-10(16-4)9-12(11)14/h5-6,9,15H,7-8H2,1-4H3.